The number of nitro groups is 1. The molecule has 1 heterocycles. The fourth-order valence-electron chi connectivity index (χ4n) is 1.74. The minimum absolute atomic E-state index is 0.0823. The van der Waals surface area contributed by atoms with E-state index in [0.29, 0.717) is 11.2 Å². The van der Waals surface area contributed by atoms with Crippen LogP contribution in [0.5, 0.6) is 0 Å². The second-order valence-electron chi connectivity index (χ2n) is 4.36. The lowest BCUT2D eigenvalue weighted by atomic mass is 10.0. The Balaban J connectivity index is 1.99. The van der Waals surface area contributed by atoms with Gasteiger partial charge in [-0.1, -0.05) is 6.92 Å². The number of pyridine rings is 1. The minimum atomic E-state index is -0.403. The molecule has 0 radical (unpaired) electrons. The van der Waals surface area contributed by atoms with Crippen LogP contribution >= 0.6 is 0 Å². The van der Waals surface area contributed by atoms with Crippen molar-refractivity contribution in [3.05, 3.63) is 28.4 Å². The average Bonchev–Trinajstić information content (AvgIpc) is 3.07. The number of anilines is 1. The summed E-state index contributed by atoms with van der Waals surface area (Å²) in [6.07, 6.45) is 5.10. The third-order valence-corrected chi connectivity index (χ3v) is 3.31. The molecule has 1 aromatic rings. The highest BCUT2D eigenvalue weighted by atomic mass is 16.6. The van der Waals surface area contributed by atoms with Gasteiger partial charge in [-0.05, 0) is 24.7 Å². The molecule has 16 heavy (non-hydrogen) atoms. The molecule has 0 amide bonds. The van der Waals surface area contributed by atoms with Crippen molar-refractivity contribution >= 4 is 11.5 Å². The van der Waals surface area contributed by atoms with E-state index in [0.717, 1.165) is 13.0 Å². The summed E-state index contributed by atoms with van der Waals surface area (Å²) in [6.45, 7) is 3.03. The maximum absolute atomic E-state index is 10.6. The van der Waals surface area contributed by atoms with Gasteiger partial charge in [-0.2, -0.15) is 0 Å². The Hall–Kier alpha value is -1.65. The summed E-state index contributed by atoms with van der Waals surface area (Å²) in [4.78, 5) is 14.2. The van der Waals surface area contributed by atoms with Crippen LogP contribution in [0.3, 0.4) is 0 Å². The fourth-order valence-corrected chi connectivity index (χ4v) is 1.74. The van der Waals surface area contributed by atoms with Gasteiger partial charge in [-0.25, -0.2) is 4.98 Å². The molecule has 1 saturated carbocycles. The smallest absolute Gasteiger partial charge is 0.274 e. The molecule has 1 fully saturated rings. The van der Waals surface area contributed by atoms with Crippen LogP contribution in [0.4, 0.5) is 11.5 Å². The molecule has 86 valence electrons. The van der Waals surface area contributed by atoms with Gasteiger partial charge in [0.2, 0.25) is 0 Å². The topological polar surface area (TPSA) is 68.1 Å². The molecule has 0 aromatic carbocycles. The third-order valence-electron chi connectivity index (χ3n) is 3.31. The first-order valence-corrected chi connectivity index (χ1v) is 5.49. The van der Waals surface area contributed by atoms with Gasteiger partial charge in [-0.15, -0.1) is 0 Å². The standard InChI is InChI=1S/C11H15N3O2/c1-2-11(4-5-11)8-13-10-7-9(14(15)16)3-6-12-10/h3,6-7H,2,4-5,8H2,1H3,(H,12,13). The molecule has 1 aliphatic rings. The molecule has 0 bridgehead atoms. The van der Waals surface area contributed by atoms with Crippen LogP contribution in [0, 0.1) is 15.5 Å². The van der Waals surface area contributed by atoms with E-state index < -0.39 is 4.92 Å². The molecule has 0 saturated heterocycles. The molecule has 1 aliphatic carbocycles. The van der Waals surface area contributed by atoms with Crippen molar-refractivity contribution in [2.75, 3.05) is 11.9 Å². The predicted octanol–water partition coefficient (Wildman–Crippen LogP) is 2.59. The molecule has 0 unspecified atom stereocenters. The number of nitrogens with one attached hydrogen (secondary N) is 1. The van der Waals surface area contributed by atoms with Crippen LogP contribution in [0.1, 0.15) is 26.2 Å². The lowest BCUT2D eigenvalue weighted by Gasteiger charge is -2.13. The summed E-state index contributed by atoms with van der Waals surface area (Å²) in [5, 5.41) is 13.8. The van der Waals surface area contributed by atoms with Gasteiger partial charge in [0.1, 0.15) is 5.82 Å². The molecule has 1 N–H and O–H groups in total. The summed E-state index contributed by atoms with van der Waals surface area (Å²) in [7, 11) is 0. The SMILES string of the molecule is CCC1(CNc2cc([N+](=O)[O-])ccn2)CC1. The summed E-state index contributed by atoms with van der Waals surface area (Å²) < 4.78 is 0. The van der Waals surface area contributed by atoms with Crippen LogP contribution in [0.25, 0.3) is 0 Å². The maximum Gasteiger partial charge on any atom is 0.274 e. The van der Waals surface area contributed by atoms with Crippen molar-refractivity contribution in [1.29, 1.82) is 0 Å². The molecule has 2 rings (SSSR count). The van der Waals surface area contributed by atoms with Crippen LogP contribution in [0.2, 0.25) is 0 Å². The van der Waals surface area contributed by atoms with Crippen LogP contribution in [-0.4, -0.2) is 16.5 Å². The zero-order valence-electron chi connectivity index (χ0n) is 9.27. The second kappa shape index (κ2) is 4.08. The Labute approximate surface area is 94.0 Å². The van der Waals surface area contributed by atoms with Crippen molar-refractivity contribution in [2.45, 2.75) is 26.2 Å². The van der Waals surface area contributed by atoms with E-state index in [4.69, 9.17) is 0 Å². The zero-order valence-corrected chi connectivity index (χ0v) is 9.27. The normalized spacial score (nSPS) is 16.8. The van der Waals surface area contributed by atoms with Crippen molar-refractivity contribution in [2.24, 2.45) is 5.41 Å². The van der Waals surface area contributed by atoms with Gasteiger partial charge >= 0.3 is 0 Å². The van der Waals surface area contributed by atoms with Crippen LogP contribution in [0.15, 0.2) is 18.3 Å². The maximum atomic E-state index is 10.6. The van der Waals surface area contributed by atoms with Crippen molar-refractivity contribution < 1.29 is 4.92 Å². The number of aromatic nitrogens is 1. The number of hydrogen-bond acceptors (Lipinski definition) is 4. The zero-order chi connectivity index (χ0) is 11.6. The first-order valence-electron chi connectivity index (χ1n) is 5.49. The quantitative estimate of drug-likeness (QED) is 0.613. The van der Waals surface area contributed by atoms with Crippen LogP contribution in [-0.2, 0) is 0 Å². The highest BCUT2D eigenvalue weighted by Crippen LogP contribution is 2.48. The van der Waals surface area contributed by atoms with E-state index >= 15 is 0 Å². The fraction of sp³-hybridized carbons (Fsp3) is 0.545. The molecular weight excluding hydrogens is 206 g/mol. The van der Waals surface area contributed by atoms with E-state index in [9.17, 15) is 10.1 Å². The van der Waals surface area contributed by atoms with E-state index in [-0.39, 0.29) is 5.69 Å². The number of rotatable bonds is 5. The average molecular weight is 221 g/mol. The van der Waals surface area contributed by atoms with Crippen molar-refractivity contribution in [3.63, 3.8) is 0 Å². The Morgan fingerprint density at radius 3 is 2.94 bits per heavy atom. The molecule has 0 atom stereocenters. The van der Waals surface area contributed by atoms with Crippen LogP contribution < -0.4 is 5.32 Å². The minimum Gasteiger partial charge on any atom is -0.369 e. The van der Waals surface area contributed by atoms with Gasteiger partial charge in [0.25, 0.3) is 5.69 Å². The number of hydrogen-bond donors (Lipinski definition) is 1. The molecular formula is C11H15N3O2. The number of nitrogens with zero attached hydrogens (tertiary/aromatic N) is 2. The second-order valence-corrected chi connectivity index (χ2v) is 4.36. The molecule has 5 heteroatoms. The first kappa shape index (κ1) is 10.9. The summed E-state index contributed by atoms with van der Waals surface area (Å²) in [6, 6.07) is 2.88. The van der Waals surface area contributed by atoms with E-state index in [1.165, 1.54) is 31.2 Å². The first-order chi connectivity index (χ1) is 7.65. The lowest BCUT2D eigenvalue weighted by molar-refractivity contribution is -0.384. The van der Waals surface area contributed by atoms with E-state index in [1.54, 1.807) is 0 Å². The summed E-state index contributed by atoms with van der Waals surface area (Å²) in [5.74, 6) is 0.592. The van der Waals surface area contributed by atoms with Gasteiger partial charge in [0.05, 0.1) is 11.0 Å². The lowest BCUT2D eigenvalue weighted by Crippen LogP contribution is -2.15. The Kier molecular flexibility index (Phi) is 2.77. The predicted molar refractivity (Wildman–Crippen MR) is 61.3 cm³/mol. The van der Waals surface area contributed by atoms with Gasteiger partial charge in [0.15, 0.2) is 0 Å². The van der Waals surface area contributed by atoms with Gasteiger partial charge in [-0.3, -0.25) is 10.1 Å². The molecule has 5 nitrogen and oxygen atoms in total. The highest BCUT2D eigenvalue weighted by molar-refractivity contribution is 5.44. The van der Waals surface area contributed by atoms with Gasteiger partial charge in [0, 0.05) is 18.8 Å². The van der Waals surface area contributed by atoms with E-state index in [2.05, 4.69) is 17.2 Å². The Morgan fingerprint density at radius 2 is 2.38 bits per heavy atom. The van der Waals surface area contributed by atoms with Gasteiger partial charge < -0.3 is 5.32 Å². The summed E-state index contributed by atoms with van der Waals surface area (Å²) in [5.41, 5.74) is 0.491. The Bertz CT molecular complexity index is 402. The summed E-state index contributed by atoms with van der Waals surface area (Å²) >= 11 is 0. The highest BCUT2D eigenvalue weighted by Gasteiger charge is 2.40. The van der Waals surface area contributed by atoms with E-state index in [1.807, 2.05) is 0 Å². The third kappa shape index (κ3) is 2.29. The monoisotopic (exact) mass is 221 g/mol. The van der Waals surface area contributed by atoms with Crippen molar-refractivity contribution in [1.82, 2.24) is 4.98 Å². The van der Waals surface area contributed by atoms with Crippen molar-refractivity contribution in [3.8, 4) is 0 Å². The molecule has 1 aromatic heterocycles. The molecule has 0 aliphatic heterocycles. The molecule has 0 spiro atoms. The largest absolute Gasteiger partial charge is 0.369 e. The Morgan fingerprint density at radius 1 is 1.62 bits per heavy atom.